The minimum atomic E-state index is -0.726. The van der Waals surface area contributed by atoms with Crippen LogP contribution in [0.15, 0.2) is 28.7 Å². The average molecular weight is 328 g/mol. The second kappa shape index (κ2) is 7.03. The Balaban J connectivity index is 1.90. The molecule has 1 fully saturated rings. The molecule has 104 valence electrons. The monoisotopic (exact) mass is 327 g/mol. The van der Waals surface area contributed by atoms with Gasteiger partial charge in [0.1, 0.15) is 0 Å². The van der Waals surface area contributed by atoms with Crippen molar-refractivity contribution >= 4 is 21.9 Å². The number of carboxylic acids is 1. The Morgan fingerprint density at radius 1 is 1.47 bits per heavy atom. The summed E-state index contributed by atoms with van der Waals surface area (Å²) in [7, 11) is 0. The molecule has 0 aromatic heterocycles. The Morgan fingerprint density at radius 3 is 3.00 bits per heavy atom. The molecule has 4 nitrogen and oxygen atoms in total. The lowest BCUT2D eigenvalue weighted by molar-refractivity contribution is -0.137. The summed E-state index contributed by atoms with van der Waals surface area (Å²) in [6.45, 7) is 3.21. The number of ether oxygens (including phenoxy) is 1. The van der Waals surface area contributed by atoms with Crippen LogP contribution in [0.3, 0.4) is 0 Å². The molecule has 5 heteroatoms. The lowest BCUT2D eigenvalue weighted by Gasteiger charge is -2.33. The highest BCUT2D eigenvalue weighted by Crippen LogP contribution is 2.28. The van der Waals surface area contributed by atoms with Crippen LogP contribution < -0.4 is 0 Å². The molecular formula is C14H18BrNO3. The molecule has 1 aliphatic heterocycles. The largest absolute Gasteiger partial charge is 0.481 e. The molecule has 1 N–H and O–H groups in total. The first kappa shape index (κ1) is 14.5. The van der Waals surface area contributed by atoms with E-state index in [1.807, 2.05) is 18.2 Å². The minimum absolute atomic E-state index is 0.0640. The SMILES string of the molecule is O=C(O)CCCN1CCOC(c2ccccc2Br)C1. The fraction of sp³-hybridized carbons (Fsp3) is 0.500. The van der Waals surface area contributed by atoms with Gasteiger partial charge < -0.3 is 9.84 Å². The second-order valence-electron chi connectivity index (χ2n) is 4.68. The van der Waals surface area contributed by atoms with Crippen LogP contribution >= 0.6 is 15.9 Å². The topological polar surface area (TPSA) is 49.8 Å². The van der Waals surface area contributed by atoms with E-state index in [1.165, 1.54) is 0 Å². The van der Waals surface area contributed by atoms with Gasteiger partial charge in [0.05, 0.1) is 12.7 Å². The number of aliphatic carboxylic acids is 1. The number of halogens is 1. The molecule has 1 aliphatic rings. The first-order valence-corrected chi connectivity index (χ1v) is 7.26. The Kier molecular flexibility index (Phi) is 5.36. The molecule has 0 bridgehead atoms. The van der Waals surface area contributed by atoms with Crippen molar-refractivity contribution in [3.63, 3.8) is 0 Å². The molecule has 1 heterocycles. The van der Waals surface area contributed by atoms with Crippen molar-refractivity contribution in [2.45, 2.75) is 18.9 Å². The number of hydrogen-bond donors (Lipinski definition) is 1. The summed E-state index contributed by atoms with van der Waals surface area (Å²) in [5, 5.41) is 8.66. The van der Waals surface area contributed by atoms with Gasteiger partial charge in [0.25, 0.3) is 0 Å². The van der Waals surface area contributed by atoms with Crippen LogP contribution in [0.2, 0.25) is 0 Å². The average Bonchev–Trinajstić information content (AvgIpc) is 2.39. The fourth-order valence-corrected chi connectivity index (χ4v) is 2.82. The van der Waals surface area contributed by atoms with Crippen molar-refractivity contribution in [3.8, 4) is 0 Å². The van der Waals surface area contributed by atoms with E-state index in [1.54, 1.807) is 0 Å². The van der Waals surface area contributed by atoms with Gasteiger partial charge in [-0.1, -0.05) is 34.1 Å². The molecule has 1 atom stereocenters. The lowest BCUT2D eigenvalue weighted by atomic mass is 10.1. The summed E-state index contributed by atoms with van der Waals surface area (Å²) in [6.07, 6.45) is 0.990. The second-order valence-corrected chi connectivity index (χ2v) is 5.53. The first-order valence-electron chi connectivity index (χ1n) is 6.47. The zero-order chi connectivity index (χ0) is 13.7. The molecule has 0 radical (unpaired) electrons. The zero-order valence-electron chi connectivity index (χ0n) is 10.7. The van der Waals surface area contributed by atoms with Gasteiger partial charge in [-0.15, -0.1) is 0 Å². The zero-order valence-corrected chi connectivity index (χ0v) is 12.3. The molecule has 0 saturated carbocycles. The molecule has 1 aromatic rings. The summed E-state index contributed by atoms with van der Waals surface area (Å²) >= 11 is 3.55. The van der Waals surface area contributed by atoms with Gasteiger partial charge in [-0.25, -0.2) is 0 Å². The van der Waals surface area contributed by atoms with E-state index >= 15 is 0 Å². The van der Waals surface area contributed by atoms with Crippen LogP contribution in [0.1, 0.15) is 24.5 Å². The summed E-state index contributed by atoms with van der Waals surface area (Å²) in [4.78, 5) is 12.8. The van der Waals surface area contributed by atoms with Crippen molar-refractivity contribution in [2.24, 2.45) is 0 Å². The van der Waals surface area contributed by atoms with Crippen LogP contribution in [-0.4, -0.2) is 42.2 Å². The number of carbonyl (C=O) groups is 1. The summed E-state index contributed by atoms with van der Waals surface area (Å²) in [5.74, 6) is -0.726. The van der Waals surface area contributed by atoms with E-state index in [0.717, 1.165) is 29.7 Å². The highest BCUT2D eigenvalue weighted by atomic mass is 79.9. The number of carboxylic acid groups (broad SMARTS) is 1. The van der Waals surface area contributed by atoms with Gasteiger partial charge >= 0.3 is 5.97 Å². The van der Waals surface area contributed by atoms with Crippen molar-refractivity contribution in [2.75, 3.05) is 26.2 Å². The van der Waals surface area contributed by atoms with E-state index in [4.69, 9.17) is 9.84 Å². The van der Waals surface area contributed by atoms with E-state index in [2.05, 4.69) is 26.9 Å². The summed E-state index contributed by atoms with van der Waals surface area (Å²) < 4.78 is 6.88. The predicted octanol–water partition coefficient (Wildman–Crippen LogP) is 2.69. The number of morpholine rings is 1. The summed E-state index contributed by atoms with van der Waals surface area (Å²) in [6, 6.07) is 8.07. The molecule has 1 saturated heterocycles. The van der Waals surface area contributed by atoms with Gasteiger partial charge in [-0.05, 0) is 24.6 Å². The van der Waals surface area contributed by atoms with Gasteiger partial charge in [-0.3, -0.25) is 9.69 Å². The Labute approximate surface area is 121 Å². The van der Waals surface area contributed by atoms with E-state index in [9.17, 15) is 4.79 Å². The molecule has 0 amide bonds. The van der Waals surface area contributed by atoms with Crippen LogP contribution in [0, 0.1) is 0 Å². The quantitative estimate of drug-likeness (QED) is 0.903. The highest BCUT2D eigenvalue weighted by Gasteiger charge is 2.23. The van der Waals surface area contributed by atoms with Crippen LogP contribution in [0.25, 0.3) is 0 Å². The van der Waals surface area contributed by atoms with Crippen molar-refractivity contribution in [3.05, 3.63) is 34.3 Å². The van der Waals surface area contributed by atoms with Gasteiger partial charge in [0.2, 0.25) is 0 Å². The standard InChI is InChI=1S/C14H18BrNO3/c15-12-5-2-1-4-11(12)13-10-16(8-9-19-13)7-3-6-14(17)18/h1-2,4-5,13H,3,6-10H2,(H,17,18). The third-order valence-corrected chi connectivity index (χ3v) is 3.99. The molecule has 19 heavy (non-hydrogen) atoms. The molecule has 1 unspecified atom stereocenters. The third kappa shape index (κ3) is 4.30. The van der Waals surface area contributed by atoms with E-state index < -0.39 is 5.97 Å². The molecule has 1 aromatic carbocycles. The maximum atomic E-state index is 10.5. The predicted molar refractivity (Wildman–Crippen MR) is 76.1 cm³/mol. The molecule has 0 spiro atoms. The summed E-state index contributed by atoms with van der Waals surface area (Å²) in [5.41, 5.74) is 1.16. The molecular weight excluding hydrogens is 310 g/mol. The fourth-order valence-electron chi connectivity index (χ4n) is 2.28. The first-order chi connectivity index (χ1) is 9.16. The number of hydrogen-bond acceptors (Lipinski definition) is 3. The van der Waals surface area contributed by atoms with Crippen molar-refractivity contribution in [1.82, 2.24) is 4.90 Å². The normalized spacial score (nSPS) is 20.4. The maximum Gasteiger partial charge on any atom is 0.303 e. The smallest absolute Gasteiger partial charge is 0.303 e. The van der Waals surface area contributed by atoms with Gasteiger partial charge in [0, 0.05) is 24.0 Å². The molecule has 0 aliphatic carbocycles. The maximum absolute atomic E-state index is 10.5. The van der Waals surface area contributed by atoms with E-state index in [-0.39, 0.29) is 12.5 Å². The van der Waals surface area contributed by atoms with E-state index in [0.29, 0.717) is 13.0 Å². The number of benzene rings is 1. The van der Waals surface area contributed by atoms with Crippen LogP contribution in [-0.2, 0) is 9.53 Å². The number of rotatable bonds is 5. The van der Waals surface area contributed by atoms with Crippen molar-refractivity contribution < 1.29 is 14.6 Å². The Morgan fingerprint density at radius 2 is 2.26 bits per heavy atom. The van der Waals surface area contributed by atoms with Crippen LogP contribution in [0.5, 0.6) is 0 Å². The van der Waals surface area contributed by atoms with Gasteiger partial charge in [0.15, 0.2) is 0 Å². The van der Waals surface area contributed by atoms with Crippen molar-refractivity contribution in [1.29, 1.82) is 0 Å². The van der Waals surface area contributed by atoms with Crippen LogP contribution in [0.4, 0.5) is 0 Å². The highest BCUT2D eigenvalue weighted by molar-refractivity contribution is 9.10. The lowest BCUT2D eigenvalue weighted by Crippen LogP contribution is -2.39. The number of nitrogens with zero attached hydrogens (tertiary/aromatic N) is 1. The van der Waals surface area contributed by atoms with Gasteiger partial charge in [-0.2, -0.15) is 0 Å². The Bertz CT molecular complexity index is 438. The molecule has 2 rings (SSSR count). The Hall–Kier alpha value is -0.910. The minimum Gasteiger partial charge on any atom is -0.481 e. The third-order valence-electron chi connectivity index (χ3n) is 3.27.